The smallest absolute Gasteiger partial charge is 0.308 e. The van der Waals surface area contributed by atoms with Crippen LogP contribution in [0.15, 0.2) is 96.0 Å². The van der Waals surface area contributed by atoms with Gasteiger partial charge in [-0.3, -0.25) is 9.59 Å². The molecule has 4 aromatic rings. The van der Waals surface area contributed by atoms with Crippen LogP contribution in [0.2, 0.25) is 0 Å². The molecule has 7 nitrogen and oxygen atoms in total. The summed E-state index contributed by atoms with van der Waals surface area (Å²) in [5.74, 6) is -0.524. The Morgan fingerprint density at radius 1 is 0.909 bits per heavy atom. The fourth-order valence-electron chi connectivity index (χ4n) is 3.31. The second-order valence-electron chi connectivity index (χ2n) is 7.15. The van der Waals surface area contributed by atoms with Gasteiger partial charge in [0.25, 0.3) is 10.0 Å². The number of aromatic nitrogens is 1. The van der Waals surface area contributed by atoms with Gasteiger partial charge < -0.3 is 10.1 Å². The normalized spacial score (nSPS) is 11.5. The molecule has 0 saturated heterocycles. The van der Waals surface area contributed by atoms with Crippen LogP contribution in [0.4, 0.5) is 5.69 Å². The predicted octanol–water partition coefficient (Wildman–Crippen LogP) is 4.46. The third kappa shape index (κ3) is 4.86. The molecule has 4 rings (SSSR count). The lowest BCUT2D eigenvalue weighted by Crippen LogP contribution is -2.12. The van der Waals surface area contributed by atoms with Crippen LogP contribution >= 0.6 is 0 Å². The second-order valence-corrected chi connectivity index (χ2v) is 8.97. The summed E-state index contributed by atoms with van der Waals surface area (Å²) in [6.45, 7) is 1.30. The van der Waals surface area contributed by atoms with Crippen LogP contribution in [0.25, 0.3) is 17.0 Å². The molecule has 1 aromatic heterocycles. The fraction of sp³-hybridized carbons (Fsp3) is 0.0400. The van der Waals surface area contributed by atoms with E-state index < -0.39 is 21.9 Å². The van der Waals surface area contributed by atoms with Gasteiger partial charge in [0.1, 0.15) is 5.75 Å². The number of anilines is 1. The summed E-state index contributed by atoms with van der Waals surface area (Å²) in [5, 5.41) is 3.51. The first-order valence-corrected chi connectivity index (χ1v) is 11.5. The topological polar surface area (TPSA) is 94.5 Å². The molecule has 1 heterocycles. The van der Waals surface area contributed by atoms with Crippen molar-refractivity contribution in [2.24, 2.45) is 0 Å². The Labute approximate surface area is 191 Å². The number of carbonyl (C=O) groups is 2. The Bertz CT molecular complexity index is 1470. The first-order chi connectivity index (χ1) is 15.8. The van der Waals surface area contributed by atoms with Gasteiger partial charge in [0, 0.05) is 35.8 Å². The second kappa shape index (κ2) is 9.13. The molecular weight excluding hydrogens is 440 g/mol. The van der Waals surface area contributed by atoms with E-state index in [1.165, 1.54) is 53.5 Å². The molecule has 0 bridgehead atoms. The van der Waals surface area contributed by atoms with Crippen molar-refractivity contribution in [2.45, 2.75) is 11.8 Å². The van der Waals surface area contributed by atoms with E-state index in [-0.39, 0.29) is 4.90 Å². The summed E-state index contributed by atoms with van der Waals surface area (Å²) in [6.07, 6.45) is 4.36. The molecule has 1 amide bonds. The van der Waals surface area contributed by atoms with Crippen molar-refractivity contribution in [2.75, 3.05) is 5.32 Å². The van der Waals surface area contributed by atoms with E-state index in [9.17, 15) is 18.0 Å². The Balaban J connectivity index is 1.48. The van der Waals surface area contributed by atoms with Gasteiger partial charge in [-0.2, -0.15) is 0 Å². The molecule has 33 heavy (non-hydrogen) atoms. The standard InChI is InChI=1S/C25H20N2O5S/c1-18(28)32-24-9-5-3-7-20(24)10-15-25(29)26-21-11-13-22(14-12-21)33(30,31)27-17-16-19-6-2-4-8-23(19)27/h2-17H,1H3,(H,26,29). The lowest BCUT2D eigenvalue weighted by Gasteiger charge is -2.09. The highest BCUT2D eigenvalue weighted by atomic mass is 32.2. The van der Waals surface area contributed by atoms with Crippen LogP contribution in [0.3, 0.4) is 0 Å². The lowest BCUT2D eigenvalue weighted by atomic mass is 10.2. The number of ether oxygens (including phenoxy) is 1. The largest absolute Gasteiger partial charge is 0.426 e. The molecule has 0 spiro atoms. The average molecular weight is 461 g/mol. The van der Waals surface area contributed by atoms with Crippen LogP contribution in [-0.2, 0) is 19.6 Å². The van der Waals surface area contributed by atoms with Crippen LogP contribution in [-0.4, -0.2) is 24.3 Å². The van der Waals surface area contributed by atoms with E-state index >= 15 is 0 Å². The number of nitrogens with one attached hydrogen (secondary N) is 1. The maximum Gasteiger partial charge on any atom is 0.308 e. The van der Waals surface area contributed by atoms with E-state index in [1.807, 2.05) is 12.1 Å². The highest BCUT2D eigenvalue weighted by Gasteiger charge is 2.18. The highest BCUT2D eigenvalue weighted by Crippen LogP contribution is 2.23. The lowest BCUT2D eigenvalue weighted by molar-refractivity contribution is -0.131. The molecule has 8 heteroatoms. The number of esters is 1. The number of amides is 1. The number of hydrogen-bond acceptors (Lipinski definition) is 5. The van der Waals surface area contributed by atoms with E-state index in [2.05, 4.69) is 5.32 Å². The monoisotopic (exact) mass is 460 g/mol. The van der Waals surface area contributed by atoms with Gasteiger partial charge in [0.05, 0.1) is 10.4 Å². The SMILES string of the molecule is CC(=O)Oc1ccccc1C=CC(=O)Nc1ccc(S(=O)(=O)n2ccc3ccccc32)cc1. The molecule has 0 atom stereocenters. The van der Waals surface area contributed by atoms with Gasteiger partial charge in [-0.15, -0.1) is 0 Å². The number of rotatable bonds is 6. The Morgan fingerprint density at radius 3 is 2.36 bits per heavy atom. The summed E-state index contributed by atoms with van der Waals surface area (Å²) in [5.41, 5.74) is 1.60. The molecule has 0 saturated carbocycles. The first kappa shape index (κ1) is 22.0. The number of fused-ring (bicyclic) bond motifs is 1. The van der Waals surface area contributed by atoms with Gasteiger partial charge in [0.15, 0.2) is 0 Å². The van der Waals surface area contributed by atoms with Crippen molar-refractivity contribution in [1.29, 1.82) is 0 Å². The van der Waals surface area contributed by atoms with Crippen LogP contribution in [0, 0.1) is 0 Å². The van der Waals surface area contributed by atoms with Crippen LogP contribution in [0.5, 0.6) is 5.75 Å². The Kier molecular flexibility index (Phi) is 6.10. The number of nitrogens with zero attached hydrogens (tertiary/aromatic N) is 1. The molecule has 0 aliphatic carbocycles. The maximum atomic E-state index is 13.0. The summed E-state index contributed by atoms with van der Waals surface area (Å²) in [6, 6.07) is 21.7. The molecule has 0 radical (unpaired) electrons. The van der Waals surface area contributed by atoms with Gasteiger partial charge in [-0.25, -0.2) is 12.4 Å². The third-order valence-corrected chi connectivity index (χ3v) is 6.53. The minimum atomic E-state index is -3.78. The predicted molar refractivity (Wildman–Crippen MR) is 126 cm³/mol. The number of carbonyl (C=O) groups excluding carboxylic acids is 2. The van der Waals surface area contributed by atoms with Crippen molar-refractivity contribution in [3.8, 4) is 5.75 Å². The zero-order valence-electron chi connectivity index (χ0n) is 17.6. The van der Waals surface area contributed by atoms with Gasteiger partial charge >= 0.3 is 5.97 Å². The minimum absolute atomic E-state index is 0.104. The summed E-state index contributed by atoms with van der Waals surface area (Å²) >= 11 is 0. The molecule has 1 N–H and O–H groups in total. The summed E-state index contributed by atoms with van der Waals surface area (Å²) in [4.78, 5) is 23.6. The van der Waals surface area contributed by atoms with Crippen molar-refractivity contribution < 1.29 is 22.7 Å². The van der Waals surface area contributed by atoms with Crippen LogP contribution < -0.4 is 10.1 Å². The number of benzene rings is 3. The van der Waals surface area contributed by atoms with Gasteiger partial charge in [-0.1, -0.05) is 36.4 Å². The molecule has 0 aliphatic heterocycles. The van der Waals surface area contributed by atoms with Gasteiger partial charge in [0.2, 0.25) is 5.91 Å². The van der Waals surface area contributed by atoms with Crippen molar-refractivity contribution in [1.82, 2.24) is 3.97 Å². The van der Waals surface area contributed by atoms with Crippen molar-refractivity contribution in [3.63, 3.8) is 0 Å². The summed E-state index contributed by atoms with van der Waals surface area (Å²) in [7, 11) is -3.78. The molecule has 3 aromatic carbocycles. The Hall–Kier alpha value is -4.17. The number of hydrogen-bond donors (Lipinski definition) is 1. The minimum Gasteiger partial charge on any atom is -0.426 e. The zero-order chi connectivity index (χ0) is 23.4. The van der Waals surface area contributed by atoms with Crippen molar-refractivity contribution in [3.05, 3.63) is 96.7 Å². The number of para-hydroxylation sites is 2. The van der Waals surface area contributed by atoms with Gasteiger partial charge in [-0.05, 0) is 48.5 Å². The van der Waals surface area contributed by atoms with Crippen molar-refractivity contribution >= 4 is 44.6 Å². The molecular formula is C25H20N2O5S. The molecule has 0 fully saturated rings. The van der Waals surface area contributed by atoms with E-state index in [4.69, 9.17) is 4.74 Å². The quantitative estimate of drug-likeness (QED) is 0.261. The van der Waals surface area contributed by atoms with Crippen LogP contribution in [0.1, 0.15) is 12.5 Å². The average Bonchev–Trinajstić information content (AvgIpc) is 3.24. The molecule has 0 aliphatic rings. The molecule has 0 unspecified atom stereocenters. The maximum absolute atomic E-state index is 13.0. The molecule has 166 valence electrons. The first-order valence-electron chi connectivity index (χ1n) is 10.0. The summed E-state index contributed by atoms with van der Waals surface area (Å²) < 4.78 is 32.4. The fourth-order valence-corrected chi connectivity index (χ4v) is 4.66. The zero-order valence-corrected chi connectivity index (χ0v) is 18.5. The third-order valence-electron chi connectivity index (χ3n) is 4.83. The Morgan fingerprint density at radius 2 is 1.61 bits per heavy atom. The van der Waals surface area contributed by atoms with E-state index in [0.29, 0.717) is 22.5 Å². The highest BCUT2D eigenvalue weighted by molar-refractivity contribution is 7.90. The van der Waals surface area contributed by atoms with E-state index in [1.54, 1.807) is 42.5 Å². The van der Waals surface area contributed by atoms with E-state index in [0.717, 1.165) is 5.39 Å².